The van der Waals surface area contributed by atoms with Gasteiger partial charge in [-0.1, -0.05) is 48.0 Å². The average Bonchev–Trinajstić information content (AvgIpc) is 3.12. The fourth-order valence-corrected chi connectivity index (χ4v) is 8.27. The summed E-state index contributed by atoms with van der Waals surface area (Å²) in [6.07, 6.45) is 9.73. The lowest BCUT2D eigenvalue weighted by Gasteiger charge is -2.35. The molecule has 1 spiro atoms. The Bertz CT molecular complexity index is 1090. The van der Waals surface area contributed by atoms with Crippen LogP contribution in [-0.2, 0) is 19.1 Å². The number of carbonyl (C=O) groups excluding carboxylic acids is 3. The zero-order valence-corrected chi connectivity index (χ0v) is 21.1. The number of anilines is 1. The zero-order valence-electron chi connectivity index (χ0n) is 19.6. The van der Waals surface area contributed by atoms with Crippen LogP contribution in [0.25, 0.3) is 0 Å². The van der Waals surface area contributed by atoms with Gasteiger partial charge in [-0.2, -0.15) is 0 Å². The second kappa shape index (κ2) is 9.64. The summed E-state index contributed by atoms with van der Waals surface area (Å²) in [6, 6.07) is 4.76. The van der Waals surface area contributed by atoms with Crippen LogP contribution in [0.2, 0.25) is 5.02 Å². The van der Waals surface area contributed by atoms with Crippen LogP contribution in [0.5, 0.6) is 0 Å². The third-order valence-corrected chi connectivity index (χ3v) is 9.48. The van der Waals surface area contributed by atoms with Crippen molar-refractivity contribution >= 4 is 46.8 Å². The first-order chi connectivity index (χ1) is 16.9. The smallest absolute Gasteiger partial charge is 0.311 e. The predicted molar refractivity (Wildman–Crippen MR) is 135 cm³/mol. The molecular formula is C26H29ClN2O5S. The highest BCUT2D eigenvalue weighted by atomic mass is 35.5. The van der Waals surface area contributed by atoms with Crippen LogP contribution in [0.3, 0.4) is 0 Å². The van der Waals surface area contributed by atoms with Crippen molar-refractivity contribution < 1.29 is 24.2 Å². The quantitative estimate of drug-likeness (QED) is 0.355. The molecule has 1 N–H and O–H groups in total. The third-order valence-electron chi connectivity index (χ3n) is 7.43. The number of benzene rings is 1. The van der Waals surface area contributed by atoms with E-state index in [9.17, 15) is 19.5 Å². The number of hydrogen-bond donors (Lipinski definition) is 1. The number of para-hydroxylation sites is 1. The van der Waals surface area contributed by atoms with E-state index in [1.165, 1.54) is 11.8 Å². The molecule has 4 heterocycles. The van der Waals surface area contributed by atoms with Gasteiger partial charge in [-0.15, -0.1) is 11.8 Å². The molecule has 0 saturated carbocycles. The Kier molecular flexibility index (Phi) is 6.72. The maximum atomic E-state index is 14.3. The Morgan fingerprint density at radius 2 is 2.00 bits per heavy atom. The van der Waals surface area contributed by atoms with Gasteiger partial charge in [0.15, 0.2) is 0 Å². The number of likely N-dealkylation sites (tertiary alicyclic amines) is 1. The highest BCUT2D eigenvalue weighted by Crippen LogP contribution is 2.61. The molecule has 1 aromatic rings. The van der Waals surface area contributed by atoms with Crippen LogP contribution in [0.4, 0.5) is 5.69 Å². The molecule has 2 fully saturated rings. The third kappa shape index (κ3) is 3.90. The number of ether oxygens (including phenoxy) is 1. The maximum absolute atomic E-state index is 14.3. The summed E-state index contributed by atoms with van der Waals surface area (Å²) in [6.45, 7) is 2.92. The summed E-state index contributed by atoms with van der Waals surface area (Å²) < 4.78 is 4.53. The largest absolute Gasteiger partial charge is 0.461 e. The number of hydrogen-bond acceptors (Lipinski definition) is 6. The summed E-state index contributed by atoms with van der Waals surface area (Å²) in [5.41, 5.74) is 1.52. The Morgan fingerprint density at radius 1 is 1.17 bits per heavy atom. The minimum Gasteiger partial charge on any atom is -0.461 e. The van der Waals surface area contributed by atoms with Gasteiger partial charge in [0, 0.05) is 24.9 Å². The summed E-state index contributed by atoms with van der Waals surface area (Å²) in [5.74, 6) is -2.06. The molecule has 0 radical (unpaired) electrons. The molecule has 1 unspecified atom stereocenters. The number of fused-ring (bicyclic) bond motifs is 2. The highest BCUT2D eigenvalue weighted by Gasteiger charge is 2.71. The number of halogens is 1. The molecule has 4 aliphatic heterocycles. The number of aryl methyl sites for hydroxylation is 1. The van der Waals surface area contributed by atoms with E-state index >= 15 is 0 Å². The van der Waals surface area contributed by atoms with Gasteiger partial charge >= 0.3 is 5.97 Å². The molecule has 2 saturated heterocycles. The molecule has 4 aliphatic rings. The van der Waals surface area contributed by atoms with Crippen LogP contribution in [0.1, 0.15) is 24.8 Å². The first kappa shape index (κ1) is 24.4. The van der Waals surface area contributed by atoms with Gasteiger partial charge in [0.25, 0.3) is 5.91 Å². The van der Waals surface area contributed by atoms with Crippen molar-refractivity contribution in [1.82, 2.24) is 4.90 Å². The number of nitrogens with zero attached hydrogens (tertiary/aromatic N) is 2. The van der Waals surface area contributed by atoms with Gasteiger partial charge in [-0.3, -0.25) is 14.4 Å². The van der Waals surface area contributed by atoms with E-state index < -0.39 is 22.6 Å². The molecule has 0 aromatic heterocycles. The second-order valence-corrected chi connectivity index (χ2v) is 11.4. The Balaban J connectivity index is 1.59. The van der Waals surface area contributed by atoms with E-state index in [0.717, 1.165) is 12.0 Å². The number of aliphatic hydroxyl groups excluding tert-OH is 1. The van der Waals surface area contributed by atoms with Gasteiger partial charge in [-0.25, -0.2) is 0 Å². The van der Waals surface area contributed by atoms with Gasteiger partial charge in [-0.05, 0) is 37.8 Å². The number of thioether (sulfide) groups is 1. The number of esters is 1. The van der Waals surface area contributed by atoms with Crippen molar-refractivity contribution in [3.8, 4) is 0 Å². The molecule has 5 rings (SSSR count). The average molecular weight is 517 g/mol. The molecule has 1 aromatic carbocycles. The highest BCUT2D eigenvalue weighted by molar-refractivity contribution is 8.02. The van der Waals surface area contributed by atoms with E-state index in [4.69, 9.17) is 16.3 Å². The molecule has 9 heteroatoms. The molecule has 2 amide bonds. The molecular weight excluding hydrogens is 488 g/mol. The summed E-state index contributed by atoms with van der Waals surface area (Å²) in [4.78, 5) is 44.6. The molecule has 35 heavy (non-hydrogen) atoms. The Morgan fingerprint density at radius 3 is 2.77 bits per heavy atom. The number of amides is 2. The topological polar surface area (TPSA) is 87.2 Å². The molecule has 0 bridgehead atoms. The van der Waals surface area contributed by atoms with E-state index in [-0.39, 0.29) is 36.2 Å². The monoisotopic (exact) mass is 516 g/mol. The lowest BCUT2D eigenvalue weighted by Crippen LogP contribution is -2.53. The number of cyclic esters (lactones) is 1. The minimum absolute atomic E-state index is 0.0863. The van der Waals surface area contributed by atoms with E-state index in [1.807, 2.05) is 43.4 Å². The van der Waals surface area contributed by atoms with Gasteiger partial charge in [0.2, 0.25) is 5.91 Å². The van der Waals surface area contributed by atoms with Crippen LogP contribution >= 0.6 is 23.4 Å². The van der Waals surface area contributed by atoms with Crippen LogP contribution in [-0.4, -0.2) is 70.1 Å². The number of unbranched alkanes of at least 4 members (excludes halogenated alkanes) is 2. The molecule has 0 aliphatic carbocycles. The summed E-state index contributed by atoms with van der Waals surface area (Å²) >= 11 is 8.09. The van der Waals surface area contributed by atoms with Crippen molar-refractivity contribution in [2.24, 2.45) is 11.8 Å². The van der Waals surface area contributed by atoms with E-state index in [1.54, 1.807) is 15.9 Å². The lowest BCUT2D eigenvalue weighted by atomic mass is 9.78. The lowest BCUT2D eigenvalue weighted by molar-refractivity contribution is -0.151. The zero-order chi connectivity index (χ0) is 24.7. The Hall–Kier alpha value is -2.29. The normalized spacial score (nSPS) is 31.7. The summed E-state index contributed by atoms with van der Waals surface area (Å²) in [7, 11) is 0. The summed E-state index contributed by atoms with van der Waals surface area (Å²) in [5, 5.41) is 9.43. The molecule has 5 atom stereocenters. The van der Waals surface area contributed by atoms with Crippen molar-refractivity contribution in [2.75, 3.05) is 31.2 Å². The predicted octanol–water partition coefficient (Wildman–Crippen LogP) is 3.12. The van der Waals surface area contributed by atoms with E-state index in [2.05, 4.69) is 0 Å². The first-order valence-electron chi connectivity index (χ1n) is 12.1. The Labute approximate surface area is 214 Å². The van der Waals surface area contributed by atoms with Gasteiger partial charge < -0.3 is 19.6 Å². The van der Waals surface area contributed by atoms with Gasteiger partial charge in [0.05, 0.1) is 27.3 Å². The molecule has 7 nitrogen and oxygen atoms in total. The fraction of sp³-hybridized carbons (Fsp3) is 0.500. The molecule has 186 valence electrons. The van der Waals surface area contributed by atoms with E-state index in [0.29, 0.717) is 36.6 Å². The number of rotatable bonds is 6. The van der Waals surface area contributed by atoms with Crippen LogP contribution < -0.4 is 4.90 Å². The first-order valence-corrected chi connectivity index (χ1v) is 13.3. The van der Waals surface area contributed by atoms with Crippen LogP contribution in [0.15, 0.2) is 42.5 Å². The number of aliphatic hydroxyl groups is 1. The minimum atomic E-state index is -0.870. The van der Waals surface area contributed by atoms with Gasteiger partial charge in [0.1, 0.15) is 12.6 Å². The standard InChI is InChI=1S/C26H29ClN2O5S/c1-16-8-5-9-17(27)21(16)28-13-7-11-26-20(19-18(35-26)10-6-15-34-25(19)33)23(31)29(22(26)24(28)32)12-3-2-4-14-30/h5-11,18-20,22,30H,2-4,12-15H2,1H3/t18-,19+,20-,22?,26-/m0/s1. The van der Waals surface area contributed by atoms with Crippen LogP contribution in [0, 0.1) is 18.8 Å². The number of carbonyl (C=O) groups is 3. The SMILES string of the molecule is Cc1cccc(Cl)c1N1CC=C[C@]23S[C@H]4C=CCOC(=O)[C@H]4[C@H]2C(=O)N(CCCCCO)C3C1=O. The van der Waals surface area contributed by atoms with Crippen molar-refractivity contribution in [2.45, 2.75) is 42.2 Å². The maximum Gasteiger partial charge on any atom is 0.311 e. The fourth-order valence-electron chi connectivity index (χ4n) is 5.95. The van der Waals surface area contributed by atoms with Crippen molar-refractivity contribution in [3.05, 3.63) is 53.1 Å². The van der Waals surface area contributed by atoms with Crippen molar-refractivity contribution in [1.29, 1.82) is 0 Å². The second-order valence-electron chi connectivity index (χ2n) is 9.47. The van der Waals surface area contributed by atoms with Crippen molar-refractivity contribution in [3.63, 3.8) is 0 Å².